The maximum Gasteiger partial charge on any atom is 0.270 e. The minimum absolute atomic E-state index is 0.0358. The molecule has 0 spiro atoms. The van der Waals surface area contributed by atoms with Gasteiger partial charge >= 0.3 is 0 Å². The third-order valence-electron chi connectivity index (χ3n) is 7.90. The van der Waals surface area contributed by atoms with Gasteiger partial charge in [0.05, 0.1) is 23.3 Å². The maximum atomic E-state index is 14.3. The Labute approximate surface area is 246 Å². The van der Waals surface area contributed by atoms with Crippen LogP contribution in [0.1, 0.15) is 45.1 Å². The van der Waals surface area contributed by atoms with Crippen LogP contribution in [0.2, 0.25) is 0 Å². The summed E-state index contributed by atoms with van der Waals surface area (Å²) in [6, 6.07) is 21.5. The fourth-order valence-corrected chi connectivity index (χ4v) is 6.28. The first kappa shape index (κ1) is 27.3. The molecule has 5 aromatic rings. The van der Waals surface area contributed by atoms with Gasteiger partial charge in [0.1, 0.15) is 10.8 Å². The number of methoxy groups -OCH3 is 1. The Bertz CT molecular complexity index is 1920. The number of fused-ring (bicyclic) bond motifs is 1. The Morgan fingerprint density at radius 1 is 0.952 bits per heavy atom. The third kappa shape index (κ3) is 4.92. The number of Topliss-reactive ketones (excluding diaryl/α,β-unsaturated/α-hetero) is 1. The van der Waals surface area contributed by atoms with Gasteiger partial charge in [0.15, 0.2) is 5.78 Å². The summed E-state index contributed by atoms with van der Waals surface area (Å²) in [6.45, 7) is 4.01. The summed E-state index contributed by atoms with van der Waals surface area (Å²) in [5, 5.41) is 13.5. The Hall–Kier alpha value is -4.89. The average Bonchev–Trinajstić information content (AvgIpc) is 3.49. The second kappa shape index (κ2) is 10.8. The molecular weight excluding hydrogens is 550 g/mol. The molecule has 0 unspecified atom stereocenters. The van der Waals surface area contributed by atoms with Crippen LogP contribution in [0.5, 0.6) is 5.75 Å². The summed E-state index contributed by atoms with van der Waals surface area (Å²) in [4.78, 5) is 43.5. The minimum atomic E-state index is -0.451. The number of aryl methyl sites for hydroxylation is 2. The molecule has 3 aromatic carbocycles. The highest BCUT2D eigenvalue weighted by Crippen LogP contribution is 2.37. The highest BCUT2D eigenvalue weighted by molar-refractivity contribution is 7.13. The molecule has 0 fully saturated rings. The van der Waals surface area contributed by atoms with Gasteiger partial charge in [-0.1, -0.05) is 30.3 Å². The van der Waals surface area contributed by atoms with E-state index in [0.717, 1.165) is 22.4 Å². The molecule has 1 aliphatic rings. The van der Waals surface area contributed by atoms with Crippen LogP contribution >= 0.6 is 11.3 Å². The van der Waals surface area contributed by atoms with Crippen molar-refractivity contribution in [2.24, 2.45) is 0 Å². The van der Waals surface area contributed by atoms with Gasteiger partial charge in [-0.15, -0.1) is 11.3 Å². The molecule has 0 saturated carbocycles. The number of nitro benzene ring substituents is 1. The summed E-state index contributed by atoms with van der Waals surface area (Å²) in [7, 11) is 1.62. The molecule has 9 heteroatoms. The molecular formula is C33H27N3O5S. The number of thiazole rings is 1. The van der Waals surface area contributed by atoms with Gasteiger partial charge in [0.25, 0.3) is 11.2 Å². The highest BCUT2D eigenvalue weighted by Gasteiger charge is 2.31. The number of benzene rings is 3. The van der Waals surface area contributed by atoms with Crippen molar-refractivity contribution >= 4 is 22.8 Å². The number of carbonyl (C=O) groups is 1. The second-order valence-corrected chi connectivity index (χ2v) is 11.3. The second-order valence-electron chi connectivity index (χ2n) is 10.5. The van der Waals surface area contributed by atoms with E-state index < -0.39 is 4.92 Å². The van der Waals surface area contributed by atoms with Crippen molar-refractivity contribution in [1.82, 2.24) is 9.55 Å². The van der Waals surface area contributed by atoms with Crippen molar-refractivity contribution < 1.29 is 14.5 Å². The fraction of sp³-hybridized carbons (Fsp3) is 0.182. The number of nitro groups is 1. The van der Waals surface area contributed by atoms with Gasteiger partial charge in [0, 0.05) is 46.4 Å². The number of ether oxygens (including phenoxy) is 1. The predicted molar refractivity (Wildman–Crippen MR) is 163 cm³/mol. The number of carbonyl (C=O) groups excluding carboxylic acids is 1. The van der Waals surface area contributed by atoms with Gasteiger partial charge in [0.2, 0.25) is 0 Å². The first-order valence-corrected chi connectivity index (χ1v) is 14.4. The molecule has 0 aliphatic heterocycles. The topological polar surface area (TPSA) is 104 Å². The minimum Gasteiger partial charge on any atom is -0.497 e. The van der Waals surface area contributed by atoms with E-state index in [9.17, 15) is 19.7 Å². The lowest BCUT2D eigenvalue weighted by molar-refractivity contribution is -0.384. The number of nitrogens with zero attached hydrogens (tertiary/aromatic N) is 3. The molecule has 1 aliphatic carbocycles. The van der Waals surface area contributed by atoms with Crippen molar-refractivity contribution in [2.45, 2.75) is 32.6 Å². The van der Waals surface area contributed by atoms with E-state index in [0.29, 0.717) is 51.6 Å². The third-order valence-corrected chi connectivity index (χ3v) is 8.77. The normalized spacial score (nSPS) is 14.5. The number of aromatic nitrogens is 2. The van der Waals surface area contributed by atoms with Crippen molar-refractivity contribution in [3.63, 3.8) is 0 Å². The van der Waals surface area contributed by atoms with E-state index in [-0.39, 0.29) is 22.9 Å². The van der Waals surface area contributed by atoms with Gasteiger partial charge in [-0.25, -0.2) is 4.98 Å². The molecule has 0 amide bonds. The van der Waals surface area contributed by atoms with Crippen LogP contribution in [-0.2, 0) is 6.42 Å². The van der Waals surface area contributed by atoms with Crippen LogP contribution in [-0.4, -0.2) is 27.4 Å². The SMILES string of the molecule is COc1ccc([C@H]2CC(=O)c3cc(-c4nc(-c5cccc([N+](=O)[O-])c5)cs4)c(=O)n(-c4ccc(C)c(C)c4)c3C2)cc1. The summed E-state index contributed by atoms with van der Waals surface area (Å²) < 4.78 is 6.97. The number of non-ortho nitro benzene ring substituents is 1. The molecule has 0 bridgehead atoms. The summed E-state index contributed by atoms with van der Waals surface area (Å²) >= 11 is 1.27. The van der Waals surface area contributed by atoms with Gasteiger partial charge in [-0.05, 0) is 73.2 Å². The molecule has 210 valence electrons. The standard InChI is InChI=1S/C33H27N3O5S/c1-19-7-10-24(13-20(19)2)35-30-15-23(21-8-11-26(41-3)12-9-21)16-31(37)27(30)17-28(33(35)38)32-34-29(18-42-32)22-5-4-6-25(14-22)36(39)40/h4-14,17-18,23H,15-16H2,1-3H3/t23-/m1/s1. The van der Waals surface area contributed by atoms with Crippen LogP contribution in [0.4, 0.5) is 5.69 Å². The van der Waals surface area contributed by atoms with Gasteiger partial charge in [-0.2, -0.15) is 0 Å². The van der Waals surface area contributed by atoms with E-state index in [1.54, 1.807) is 35.3 Å². The summed E-state index contributed by atoms with van der Waals surface area (Å²) in [5.41, 5.74) is 6.17. The van der Waals surface area contributed by atoms with Crippen molar-refractivity contribution in [3.05, 3.63) is 127 Å². The number of hydrogen-bond acceptors (Lipinski definition) is 7. The predicted octanol–water partition coefficient (Wildman–Crippen LogP) is 7.07. The van der Waals surface area contributed by atoms with Crippen molar-refractivity contribution in [3.8, 4) is 33.3 Å². The first-order chi connectivity index (χ1) is 20.2. The van der Waals surface area contributed by atoms with Crippen LogP contribution in [0, 0.1) is 24.0 Å². The summed E-state index contributed by atoms with van der Waals surface area (Å²) in [5.74, 6) is 0.622. The Kier molecular flexibility index (Phi) is 7.04. The van der Waals surface area contributed by atoms with Crippen molar-refractivity contribution in [1.29, 1.82) is 0 Å². The zero-order valence-corrected chi connectivity index (χ0v) is 24.1. The Morgan fingerprint density at radius 3 is 2.45 bits per heavy atom. The molecule has 8 nitrogen and oxygen atoms in total. The van der Waals surface area contributed by atoms with E-state index >= 15 is 0 Å². The molecule has 0 N–H and O–H groups in total. The number of rotatable bonds is 6. The maximum absolute atomic E-state index is 14.3. The molecule has 0 radical (unpaired) electrons. The molecule has 2 aromatic heterocycles. The first-order valence-electron chi connectivity index (χ1n) is 13.5. The van der Waals surface area contributed by atoms with Crippen LogP contribution in [0.15, 0.2) is 83.0 Å². The van der Waals surface area contributed by atoms with E-state index in [1.807, 2.05) is 56.3 Å². The fourth-order valence-electron chi connectivity index (χ4n) is 5.45. The lowest BCUT2D eigenvalue weighted by atomic mass is 9.81. The van der Waals surface area contributed by atoms with E-state index in [1.165, 1.54) is 23.5 Å². The Balaban J connectivity index is 1.50. The summed E-state index contributed by atoms with van der Waals surface area (Å²) in [6.07, 6.45) is 0.841. The largest absolute Gasteiger partial charge is 0.497 e. The number of ketones is 1. The van der Waals surface area contributed by atoms with Crippen LogP contribution in [0.3, 0.4) is 0 Å². The molecule has 42 heavy (non-hydrogen) atoms. The van der Waals surface area contributed by atoms with E-state index in [2.05, 4.69) is 0 Å². The lowest BCUT2D eigenvalue weighted by Crippen LogP contribution is -2.31. The quantitative estimate of drug-likeness (QED) is 0.158. The molecule has 1 atom stereocenters. The zero-order chi connectivity index (χ0) is 29.5. The molecule has 0 saturated heterocycles. The van der Waals surface area contributed by atoms with E-state index in [4.69, 9.17) is 9.72 Å². The van der Waals surface area contributed by atoms with Crippen LogP contribution < -0.4 is 10.3 Å². The molecule has 6 rings (SSSR count). The zero-order valence-electron chi connectivity index (χ0n) is 23.3. The Morgan fingerprint density at radius 2 is 1.74 bits per heavy atom. The smallest absolute Gasteiger partial charge is 0.270 e. The highest BCUT2D eigenvalue weighted by atomic mass is 32.1. The number of pyridine rings is 1. The average molecular weight is 578 g/mol. The number of hydrogen-bond donors (Lipinski definition) is 0. The van der Waals surface area contributed by atoms with Crippen LogP contribution in [0.25, 0.3) is 27.5 Å². The monoisotopic (exact) mass is 577 g/mol. The lowest BCUT2D eigenvalue weighted by Gasteiger charge is -2.28. The van der Waals surface area contributed by atoms with Gasteiger partial charge < -0.3 is 4.74 Å². The van der Waals surface area contributed by atoms with Crippen molar-refractivity contribution in [2.75, 3.05) is 7.11 Å². The van der Waals surface area contributed by atoms with Gasteiger partial charge in [-0.3, -0.25) is 24.3 Å². The molecule has 2 heterocycles.